The Labute approximate surface area is 200 Å². The predicted octanol–water partition coefficient (Wildman–Crippen LogP) is 5.35. The summed E-state index contributed by atoms with van der Waals surface area (Å²) >= 11 is 0. The molecule has 174 valence electrons. The van der Waals surface area contributed by atoms with Crippen LogP contribution in [0.25, 0.3) is 0 Å². The minimum Gasteiger partial charge on any atom is -0.405 e. The zero-order chi connectivity index (χ0) is 23.6. The third-order valence-corrected chi connectivity index (χ3v) is 10.8. The molecule has 0 aromatic heterocycles. The van der Waals surface area contributed by atoms with Crippen LogP contribution in [-0.2, 0) is 20.5 Å². The molecule has 0 unspecified atom stereocenters. The highest BCUT2D eigenvalue weighted by atomic mass is 28.4. The van der Waals surface area contributed by atoms with Crippen LogP contribution in [0.2, 0.25) is 5.04 Å². The first-order chi connectivity index (χ1) is 16.0. The Bertz CT molecular complexity index is 913. The van der Waals surface area contributed by atoms with E-state index in [4.69, 9.17) is 13.9 Å². The lowest BCUT2D eigenvalue weighted by atomic mass is 10.2. The van der Waals surface area contributed by atoms with Gasteiger partial charge in [-0.2, -0.15) is 0 Å². The highest BCUT2D eigenvalue weighted by Crippen LogP contribution is 2.36. The fourth-order valence-corrected chi connectivity index (χ4v) is 8.80. The van der Waals surface area contributed by atoms with E-state index < -0.39 is 8.32 Å². The zero-order valence-corrected chi connectivity index (χ0v) is 21.1. The van der Waals surface area contributed by atoms with Gasteiger partial charge in [-0.05, 0) is 21.0 Å². The van der Waals surface area contributed by atoms with Crippen LogP contribution in [0.15, 0.2) is 104 Å². The van der Waals surface area contributed by atoms with Gasteiger partial charge in [-0.25, -0.2) is 0 Å². The molecule has 0 radical (unpaired) electrons. The van der Waals surface area contributed by atoms with Crippen molar-refractivity contribution in [1.29, 1.82) is 0 Å². The molecule has 3 rings (SSSR count). The molecule has 3 nitrogen and oxygen atoms in total. The van der Waals surface area contributed by atoms with Gasteiger partial charge < -0.3 is 13.9 Å². The number of ether oxygens (including phenoxy) is 2. The van der Waals surface area contributed by atoms with Gasteiger partial charge in [-0.3, -0.25) is 0 Å². The summed E-state index contributed by atoms with van der Waals surface area (Å²) in [6, 6.07) is 31.5. The third kappa shape index (κ3) is 6.52. The summed E-state index contributed by atoms with van der Waals surface area (Å²) in [6.07, 6.45) is 1.58. The number of hydrogen-bond acceptors (Lipinski definition) is 3. The van der Waals surface area contributed by atoms with Crippen molar-refractivity contribution in [2.75, 3.05) is 19.8 Å². The van der Waals surface area contributed by atoms with E-state index in [1.165, 1.54) is 10.4 Å². The summed E-state index contributed by atoms with van der Waals surface area (Å²) in [5.41, 5.74) is 1.15. The highest BCUT2D eigenvalue weighted by Gasteiger charge is 2.50. The van der Waals surface area contributed by atoms with Crippen molar-refractivity contribution in [3.05, 3.63) is 109 Å². The molecule has 3 aromatic rings. The molecule has 0 saturated heterocycles. The van der Waals surface area contributed by atoms with Crippen LogP contribution in [0.1, 0.15) is 26.3 Å². The van der Waals surface area contributed by atoms with Gasteiger partial charge in [0.2, 0.25) is 0 Å². The van der Waals surface area contributed by atoms with Crippen LogP contribution in [0.3, 0.4) is 0 Å². The summed E-state index contributed by atoms with van der Waals surface area (Å²) in [5.74, 6) is 0. The molecule has 0 amide bonds. The van der Waals surface area contributed by atoms with Crippen molar-refractivity contribution < 1.29 is 13.9 Å². The Morgan fingerprint density at radius 2 is 1.30 bits per heavy atom. The monoisotopic (exact) mass is 460 g/mol. The molecule has 4 heteroatoms. The minimum atomic E-state index is -2.62. The van der Waals surface area contributed by atoms with Gasteiger partial charge >= 0.3 is 0 Å². The average Bonchev–Trinajstić information content (AvgIpc) is 2.83. The molecule has 0 fully saturated rings. The van der Waals surface area contributed by atoms with Crippen molar-refractivity contribution in [2.24, 2.45) is 0 Å². The Morgan fingerprint density at radius 3 is 1.79 bits per heavy atom. The second-order valence-corrected chi connectivity index (χ2v) is 13.5. The Morgan fingerprint density at radius 1 is 0.788 bits per heavy atom. The van der Waals surface area contributed by atoms with Crippen LogP contribution >= 0.6 is 0 Å². The first kappa shape index (κ1) is 25.1. The number of hydrogen-bond donors (Lipinski definition) is 0. The van der Waals surface area contributed by atoms with Gasteiger partial charge in [0.15, 0.2) is 0 Å². The highest BCUT2D eigenvalue weighted by molar-refractivity contribution is 6.99. The molecule has 0 spiro atoms. The van der Waals surface area contributed by atoms with Gasteiger partial charge in [-0.15, -0.1) is 6.58 Å². The lowest BCUT2D eigenvalue weighted by molar-refractivity contribution is -0.0337. The fraction of sp³-hybridized carbons (Fsp3) is 0.310. The average molecular weight is 461 g/mol. The van der Waals surface area contributed by atoms with Gasteiger partial charge in [0.25, 0.3) is 8.32 Å². The van der Waals surface area contributed by atoms with Crippen LogP contribution in [0.4, 0.5) is 0 Å². The Hall–Kier alpha value is -2.50. The summed E-state index contributed by atoms with van der Waals surface area (Å²) in [7, 11) is -2.62. The summed E-state index contributed by atoms with van der Waals surface area (Å²) in [6.45, 7) is 12.6. The van der Waals surface area contributed by atoms with Crippen LogP contribution in [0, 0.1) is 0 Å². The minimum absolute atomic E-state index is 0.0798. The Kier molecular flexibility index (Phi) is 9.21. The summed E-state index contributed by atoms with van der Waals surface area (Å²) < 4.78 is 19.1. The second-order valence-electron chi connectivity index (χ2n) is 9.22. The molecular formula is C29H36O3Si. The topological polar surface area (TPSA) is 27.7 Å². The molecule has 0 N–H and O–H groups in total. The van der Waals surface area contributed by atoms with Crippen molar-refractivity contribution in [1.82, 2.24) is 0 Å². The zero-order valence-electron chi connectivity index (χ0n) is 20.1. The van der Waals surface area contributed by atoms with Crippen molar-refractivity contribution in [2.45, 2.75) is 38.5 Å². The molecule has 0 aliphatic rings. The lowest BCUT2D eigenvalue weighted by Gasteiger charge is -2.43. The van der Waals surface area contributed by atoms with Gasteiger partial charge in [0.05, 0.1) is 26.4 Å². The van der Waals surface area contributed by atoms with Crippen LogP contribution < -0.4 is 10.4 Å². The maximum absolute atomic E-state index is 7.03. The molecule has 33 heavy (non-hydrogen) atoms. The van der Waals surface area contributed by atoms with E-state index in [1.54, 1.807) is 6.08 Å². The molecule has 0 aliphatic heterocycles. The van der Waals surface area contributed by atoms with E-state index in [0.29, 0.717) is 26.4 Å². The molecule has 3 aromatic carbocycles. The van der Waals surface area contributed by atoms with E-state index in [2.05, 4.69) is 100 Å². The fourth-order valence-electron chi connectivity index (χ4n) is 4.21. The standard InChI is InChI=1S/C29H36O3Si/c1-5-21-31-26(23-30-22-25-15-9-6-10-16-25)24-32-33(29(2,3)4,27-17-11-7-12-18-27)28-19-13-8-14-20-28/h5-20,26H,1,21-24H2,2-4H3/t26-/m0/s1. The molecule has 0 aliphatic carbocycles. The quantitative estimate of drug-likeness (QED) is 0.269. The van der Waals surface area contributed by atoms with Crippen molar-refractivity contribution in [3.63, 3.8) is 0 Å². The SMILES string of the molecule is C=CCO[C@@H](COCc1ccccc1)CO[Si](c1ccccc1)(c1ccccc1)C(C)(C)C. The predicted molar refractivity (Wildman–Crippen MR) is 140 cm³/mol. The van der Waals surface area contributed by atoms with E-state index in [-0.39, 0.29) is 11.1 Å². The van der Waals surface area contributed by atoms with E-state index in [0.717, 1.165) is 5.56 Å². The first-order valence-corrected chi connectivity index (χ1v) is 13.5. The second kappa shape index (κ2) is 12.1. The van der Waals surface area contributed by atoms with Crippen LogP contribution in [-0.4, -0.2) is 34.2 Å². The van der Waals surface area contributed by atoms with Crippen LogP contribution in [0.5, 0.6) is 0 Å². The molecule has 1 atom stereocenters. The summed E-state index contributed by atoms with van der Waals surface area (Å²) in [4.78, 5) is 0. The number of rotatable bonds is 12. The smallest absolute Gasteiger partial charge is 0.261 e. The normalized spacial score (nSPS) is 12.9. The Balaban J connectivity index is 1.84. The van der Waals surface area contributed by atoms with Gasteiger partial charge in [0, 0.05) is 0 Å². The van der Waals surface area contributed by atoms with E-state index in [1.807, 2.05) is 18.2 Å². The lowest BCUT2D eigenvalue weighted by Crippen LogP contribution is -2.67. The molecule has 0 heterocycles. The molecular weight excluding hydrogens is 424 g/mol. The molecule has 0 bridgehead atoms. The van der Waals surface area contributed by atoms with E-state index in [9.17, 15) is 0 Å². The van der Waals surface area contributed by atoms with Crippen molar-refractivity contribution >= 4 is 18.7 Å². The third-order valence-electron chi connectivity index (χ3n) is 5.77. The summed E-state index contributed by atoms with van der Waals surface area (Å²) in [5, 5.41) is 2.44. The first-order valence-electron chi connectivity index (χ1n) is 11.6. The largest absolute Gasteiger partial charge is 0.405 e. The van der Waals surface area contributed by atoms with Crippen molar-refractivity contribution in [3.8, 4) is 0 Å². The number of benzene rings is 3. The van der Waals surface area contributed by atoms with E-state index >= 15 is 0 Å². The maximum Gasteiger partial charge on any atom is 0.261 e. The molecule has 0 saturated carbocycles. The maximum atomic E-state index is 7.03. The van der Waals surface area contributed by atoms with Gasteiger partial charge in [0.1, 0.15) is 6.10 Å². The van der Waals surface area contributed by atoms with Gasteiger partial charge in [-0.1, -0.05) is 118 Å².